The first-order valence-corrected chi connectivity index (χ1v) is 4.31. The maximum absolute atomic E-state index is 13.3. The van der Waals surface area contributed by atoms with Crippen molar-refractivity contribution in [3.63, 3.8) is 0 Å². The van der Waals surface area contributed by atoms with Crippen molar-refractivity contribution in [1.29, 1.82) is 0 Å². The predicted molar refractivity (Wildman–Crippen MR) is 51.8 cm³/mol. The van der Waals surface area contributed by atoms with Gasteiger partial charge < -0.3 is 0 Å². The Bertz CT molecular complexity index is 507. The number of benzene rings is 1. The van der Waals surface area contributed by atoms with Gasteiger partial charge in [0.25, 0.3) is 0 Å². The monoisotopic (exact) mass is 205 g/mol. The van der Waals surface area contributed by atoms with E-state index in [4.69, 9.17) is 0 Å². The first kappa shape index (κ1) is 9.51. The number of aryl methyl sites for hydroxylation is 1. The van der Waals surface area contributed by atoms with Crippen LogP contribution in [0, 0.1) is 5.82 Å². The SMILES string of the molecule is Cn1ncnc1-c1ccc(C=O)c(F)c1. The van der Waals surface area contributed by atoms with Gasteiger partial charge in [-0.05, 0) is 12.1 Å². The highest BCUT2D eigenvalue weighted by Crippen LogP contribution is 2.18. The third-order valence-corrected chi connectivity index (χ3v) is 2.10. The van der Waals surface area contributed by atoms with Crippen LogP contribution in [0.4, 0.5) is 4.39 Å². The number of carbonyl (C=O) groups excluding carboxylic acids is 1. The van der Waals surface area contributed by atoms with Crippen LogP contribution in [-0.2, 0) is 7.05 Å². The van der Waals surface area contributed by atoms with E-state index >= 15 is 0 Å². The molecule has 1 aromatic heterocycles. The van der Waals surface area contributed by atoms with Crippen molar-refractivity contribution in [3.05, 3.63) is 35.9 Å². The maximum Gasteiger partial charge on any atom is 0.157 e. The quantitative estimate of drug-likeness (QED) is 0.697. The molecule has 0 unspecified atom stereocenters. The van der Waals surface area contributed by atoms with Crippen LogP contribution in [0.15, 0.2) is 24.5 Å². The Morgan fingerprint density at radius 2 is 2.27 bits per heavy atom. The Hall–Kier alpha value is -2.04. The summed E-state index contributed by atoms with van der Waals surface area (Å²) in [5.74, 6) is 0.0110. The Morgan fingerprint density at radius 3 is 2.80 bits per heavy atom. The largest absolute Gasteiger partial charge is 0.298 e. The molecule has 0 aliphatic heterocycles. The lowest BCUT2D eigenvalue weighted by Crippen LogP contribution is -1.96. The molecular formula is C10H8FN3O. The molecule has 2 aromatic rings. The molecule has 0 amide bonds. The first-order valence-electron chi connectivity index (χ1n) is 4.31. The van der Waals surface area contributed by atoms with Crippen LogP contribution in [0.3, 0.4) is 0 Å². The van der Waals surface area contributed by atoms with Gasteiger partial charge in [-0.2, -0.15) is 5.10 Å². The lowest BCUT2D eigenvalue weighted by molar-refractivity contribution is 0.112. The third-order valence-electron chi connectivity index (χ3n) is 2.10. The molecule has 76 valence electrons. The van der Waals surface area contributed by atoms with E-state index in [0.29, 0.717) is 17.7 Å². The zero-order chi connectivity index (χ0) is 10.8. The Balaban J connectivity index is 2.52. The second-order valence-electron chi connectivity index (χ2n) is 3.06. The van der Waals surface area contributed by atoms with Crippen LogP contribution in [-0.4, -0.2) is 21.1 Å². The third kappa shape index (κ3) is 1.63. The van der Waals surface area contributed by atoms with Crippen LogP contribution in [0.1, 0.15) is 10.4 Å². The topological polar surface area (TPSA) is 47.8 Å². The van der Waals surface area contributed by atoms with E-state index in [0.717, 1.165) is 0 Å². The van der Waals surface area contributed by atoms with Gasteiger partial charge >= 0.3 is 0 Å². The Kier molecular flexibility index (Phi) is 2.29. The number of halogens is 1. The lowest BCUT2D eigenvalue weighted by atomic mass is 10.1. The molecule has 1 heterocycles. The first-order chi connectivity index (χ1) is 7.22. The van der Waals surface area contributed by atoms with Crippen LogP contribution >= 0.6 is 0 Å². The molecule has 1 aromatic carbocycles. The summed E-state index contributed by atoms with van der Waals surface area (Å²) in [6.45, 7) is 0. The van der Waals surface area contributed by atoms with E-state index < -0.39 is 5.82 Å². The van der Waals surface area contributed by atoms with Gasteiger partial charge in [0, 0.05) is 12.6 Å². The van der Waals surface area contributed by atoms with Gasteiger partial charge in [0.2, 0.25) is 0 Å². The van der Waals surface area contributed by atoms with E-state index in [2.05, 4.69) is 10.1 Å². The van der Waals surface area contributed by atoms with E-state index in [9.17, 15) is 9.18 Å². The molecule has 5 heteroatoms. The summed E-state index contributed by atoms with van der Waals surface area (Å²) in [6, 6.07) is 4.33. The van der Waals surface area contributed by atoms with Gasteiger partial charge in [0.05, 0.1) is 5.56 Å². The highest BCUT2D eigenvalue weighted by molar-refractivity contribution is 5.76. The normalized spacial score (nSPS) is 10.3. The Labute approximate surface area is 85.4 Å². The summed E-state index contributed by atoms with van der Waals surface area (Å²) in [6.07, 6.45) is 1.87. The van der Waals surface area contributed by atoms with Crippen molar-refractivity contribution >= 4 is 6.29 Å². The number of aldehydes is 1. The molecule has 2 rings (SSSR count). The summed E-state index contributed by atoms with van der Waals surface area (Å²) < 4.78 is 14.8. The average Bonchev–Trinajstić information content (AvgIpc) is 2.64. The van der Waals surface area contributed by atoms with Crippen molar-refractivity contribution in [2.24, 2.45) is 7.05 Å². The van der Waals surface area contributed by atoms with Gasteiger partial charge in [-0.3, -0.25) is 4.79 Å². The number of hydrogen-bond acceptors (Lipinski definition) is 3. The summed E-state index contributed by atoms with van der Waals surface area (Å²) in [4.78, 5) is 14.4. The average molecular weight is 205 g/mol. The van der Waals surface area contributed by atoms with Crippen LogP contribution in [0.2, 0.25) is 0 Å². The van der Waals surface area contributed by atoms with Gasteiger partial charge in [-0.1, -0.05) is 6.07 Å². The highest BCUT2D eigenvalue weighted by atomic mass is 19.1. The van der Waals surface area contributed by atoms with Gasteiger partial charge in [0.15, 0.2) is 12.1 Å². The zero-order valence-electron chi connectivity index (χ0n) is 8.01. The molecule has 0 radical (unpaired) electrons. The standard InChI is InChI=1S/C10H8FN3O/c1-14-10(12-6-13-14)7-2-3-8(5-15)9(11)4-7/h2-6H,1H3. The molecule has 0 spiro atoms. The van der Waals surface area contributed by atoms with Crippen molar-refractivity contribution in [3.8, 4) is 11.4 Å². The van der Waals surface area contributed by atoms with Crippen molar-refractivity contribution in [2.75, 3.05) is 0 Å². The number of carbonyl (C=O) groups is 1. The fourth-order valence-electron chi connectivity index (χ4n) is 1.32. The van der Waals surface area contributed by atoms with Crippen LogP contribution in [0.25, 0.3) is 11.4 Å². The maximum atomic E-state index is 13.3. The molecule has 0 aliphatic carbocycles. The Morgan fingerprint density at radius 1 is 1.47 bits per heavy atom. The van der Waals surface area contributed by atoms with E-state index in [-0.39, 0.29) is 5.56 Å². The minimum Gasteiger partial charge on any atom is -0.298 e. The van der Waals surface area contributed by atoms with E-state index in [1.807, 2.05) is 0 Å². The summed E-state index contributed by atoms with van der Waals surface area (Å²) in [7, 11) is 1.72. The van der Waals surface area contributed by atoms with Crippen molar-refractivity contribution < 1.29 is 9.18 Å². The molecule has 0 saturated heterocycles. The van der Waals surface area contributed by atoms with Gasteiger partial charge in [0.1, 0.15) is 12.1 Å². The molecule has 0 saturated carbocycles. The minimum atomic E-state index is -0.550. The molecular weight excluding hydrogens is 197 g/mol. The number of hydrogen-bond donors (Lipinski definition) is 0. The minimum absolute atomic E-state index is 0.0425. The molecule has 0 bridgehead atoms. The van der Waals surface area contributed by atoms with Crippen LogP contribution < -0.4 is 0 Å². The van der Waals surface area contributed by atoms with Crippen LogP contribution in [0.5, 0.6) is 0 Å². The summed E-state index contributed by atoms with van der Waals surface area (Å²) >= 11 is 0. The second kappa shape index (κ2) is 3.61. The smallest absolute Gasteiger partial charge is 0.157 e. The predicted octanol–water partition coefficient (Wildman–Crippen LogP) is 1.43. The van der Waals surface area contributed by atoms with E-state index in [1.54, 1.807) is 13.1 Å². The molecule has 0 atom stereocenters. The summed E-state index contributed by atoms with van der Waals surface area (Å²) in [5, 5.41) is 3.88. The zero-order valence-corrected chi connectivity index (χ0v) is 8.01. The fraction of sp³-hybridized carbons (Fsp3) is 0.100. The summed E-state index contributed by atoms with van der Waals surface area (Å²) in [5.41, 5.74) is 0.638. The number of rotatable bonds is 2. The van der Waals surface area contributed by atoms with Gasteiger partial charge in [-0.25, -0.2) is 14.1 Å². The molecule has 0 fully saturated rings. The second-order valence-corrected chi connectivity index (χ2v) is 3.06. The van der Waals surface area contributed by atoms with Crippen molar-refractivity contribution in [1.82, 2.24) is 14.8 Å². The van der Waals surface area contributed by atoms with Crippen molar-refractivity contribution in [2.45, 2.75) is 0 Å². The highest BCUT2D eigenvalue weighted by Gasteiger charge is 2.07. The number of aromatic nitrogens is 3. The number of nitrogens with zero attached hydrogens (tertiary/aromatic N) is 3. The fourth-order valence-corrected chi connectivity index (χ4v) is 1.32. The molecule has 0 aliphatic rings. The molecule has 0 N–H and O–H groups in total. The molecule has 15 heavy (non-hydrogen) atoms. The van der Waals surface area contributed by atoms with Gasteiger partial charge in [-0.15, -0.1) is 0 Å². The van der Waals surface area contributed by atoms with E-state index in [1.165, 1.54) is 23.1 Å². The lowest BCUT2D eigenvalue weighted by Gasteiger charge is -2.01. The molecule has 4 nitrogen and oxygen atoms in total.